The van der Waals surface area contributed by atoms with Gasteiger partial charge in [0.05, 0.1) is 6.61 Å². The SMILES string of the molecule is COC[C@]1(C)CC[C@@](O)(C(=O)O)C1(C)C. The standard InChI is InChI=1S/C11H20O4/c1-9(2)10(3,7-15-4)5-6-11(9,14)8(12)13/h14H,5-7H2,1-4H3,(H,12,13)/t10-,11+/m0/s1. The molecule has 0 aromatic carbocycles. The summed E-state index contributed by atoms with van der Waals surface area (Å²) in [4.78, 5) is 11.1. The lowest BCUT2D eigenvalue weighted by Crippen LogP contribution is -2.53. The first kappa shape index (κ1) is 12.5. The lowest BCUT2D eigenvalue weighted by Gasteiger charge is -2.43. The first-order valence-electron chi connectivity index (χ1n) is 5.16. The van der Waals surface area contributed by atoms with Gasteiger partial charge in [-0.1, -0.05) is 20.8 Å². The van der Waals surface area contributed by atoms with E-state index < -0.39 is 17.0 Å². The van der Waals surface area contributed by atoms with E-state index in [0.29, 0.717) is 13.0 Å². The van der Waals surface area contributed by atoms with Crippen molar-refractivity contribution in [1.82, 2.24) is 0 Å². The molecule has 2 atom stereocenters. The van der Waals surface area contributed by atoms with Crippen LogP contribution >= 0.6 is 0 Å². The molecule has 2 N–H and O–H groups in total. The van der Waals surface area contributed by atoms with Crippen molar-refractivity contribution in [3.63, 3.8) is 0 Å². The number of hydrogen-bond donors (Lipinski definition) is 2. The molecule has 0 bridgehead atoms. The van der Waals surface area contributed by atoms with Gasteiger partial charge in [-0.2, -0.15) is 0 Å². The van der Waals surface area contributed by atoms with Crippen LogP contribution in [-0.2, 0) is 9.53 Å². The molecule has 1 rings (SSSR count). The van der Waals surface area contributed by atoms with Crippen LogP contribution in [0.1, 0.15) is 33.6 Å². The Hall–Kier alpha value is -0.610. The maximum absolute atomic E-state index is 11.1. The summed E-state index contributed by atoms with van der Waals surface area (Å²) >= 11 is 0. The normalized spacial score (nSPS) is 39.3. The Labute approximate surface area is 90.2 Å². The second-order valence-corrected chi connectivity index (χ2v) is 5.28. The summed E-state index contributed by atoms with van der Waals surface area (Å²) in [7, 11) is 1.60. The summed E-state index contributed by atoms with van der Waals surface area (Å²) in [5.41, 5.74) is -2.63. The van der Waals surface area contributed by atoms with Crippen LogP contribution in [0, 0.1) is 10.8 Å². The molecule has 0 radical (unpaired) electrons. The van der Waals surface area contributed by atoms with Crippen molar-refractivity contribution in [3.05, 3.63) is 0 Å². The smallest absolute Gasteiger partial charge is 0.336 e. The summed E-state index contributed by atoms with van der Waals surface area (Å²) in [5.74, 6) is -1.13. The minimum atomic E-state index is -1.64. The Bertz CT molecular complexity index is 274. The number of aliphatic carboxylic acids is 1. The number of ether oxygens (including phenoxy) is 1. The average molecular weight is 216 g/mol. The molecule has 1 fully saturated rings. The predicted molar refractivity (Wildman–Crippen MR) is 55.6 cm³/mol. The van der Waals surface area contributed by atoms with Crippen LogP contribution < -0.4 is 0 Å². The Morgan fingerprint density at radius 2 is 1.87 bits per heavy atom. The topological polar surface area (TPSA) is 66.8 Å². The zero-order valence-electron chi connectivity index (χ0n) is 9.83. The van der Waals surface area contributed by atoms with E-state index in [-0.39, 0.29) is 11.8 Å². The molecule has 1 aliphatic carbocycles. The predicted octanol–water partition coefficient (Wildman–Crippen LogP) is 1.27. The molecule has 1 aliphatic rings. The van der Waals surface area contributed by atoms with Crippen molar-refractivity contribution in [2.45, 2.75) is 39.2 Å². The molecule has 88 valence electrons. The largest absolute Gasteiger partial charge is 0.479 e. The van der Waals surface area contributed by atoms with Crippen LogP contribution in [0.2, 0.25) is 0 Å². The summed E-state index contributed by atoms with van der Waals surface area (Å²) in [6, 6.07) is 0. The molecule has 0 heterocycles. The van der Waals surface area contributed by atoms with Crippen molar-refractivity contribution in [1.29, 1.82) is 0 Å². The first-order valence-corrected chi connectivity index (χ1v) is 5.16. The van der Waals surface area contributed by atoms with E-state index in [1.54, 1.807) is 21.0 Å². The molecular formula is C11H20O4. The summed E-state index contributed by atoms with van der Waals surface area (Å²) < 4.78 is 5.13. The maximum atomic E-state index is 11.1. The molecule has 1 saturated carbocycles. The van der Waals surface area contributed by atoms with Crippen LogP contribution in [-0.4, -0.2) is 35.5 Å². The van der Waals surface area contributed by atoms with E-state index >= 15 is 0 Å². The number of aliphatic hydroxyl groups is 1. The van der Waals surface area contributed by atoms with E-state index in [4.69, 9.17) is 9.84 Å². The molecule has 0 amide bonds. The Morgan fingerprint density at radius 1 is 1.33 bits per heavy atom. The van der Waals surface area contributed by atoms with E-state index in [2.05, 4.69) is 0 Å². The minimum Gasteiger partial charge on any atom is -0.479 e. The van der Waals surface area contributed by atoms with Gasteiger partial charge in [0, 0.05) is 12.5 Å². The van der Waals surface area contributed by atoms with Gasteiger partial charge in [-0.25, -0.2) is 4.79 Å². The minimum absolute atomic E-state index is 0.287. The fraction of sp³-hybridized carbons (Fsp3) is 0.909. The monoisotopic (exact) mass is 216 g/mol. The summed E-state index contributed by atoms with van der Waals surface area (Å²) in [6.45, 7) is 6.04. The number of methoxy groups -OCH3 is 1. The number of carboxylic acid groups (broad SMARTS) is 1. The second-order valence-electron chi connectivity index (χ2n) is 5.28. The van der Waals surface area contributed by atoms with Crippen LogP contribution in [0.25, 0.3) is 0 Å². The van der Waals surface area contributed by atoms with Crippen molar-refractivity contribution >= 4 is 5.97 Å². The van der Waals surface area contributed by atoms with Gasteiger partial charge >= 0.3 is 5.97 Å². The highest BCUT2D eigenvalue weighted by atomic mass is 16.5. The molecular weight excluding hydrogens is 196 g/mol. The fourth-order valence-corrected chi connectivity index (χ4v) is 2.53. The van der Waals surface area contributed by atoms with Crippen molar-refractivity contribution < 1.29 is 19.7 Å². The van der Waals surface area contributed by atoms with Gasteiger partial charge < -0.3 is 14.9 Å². The molecule has 4 heteroatoms. The van der Waals surface area contributed by atoms with Crippen molar-refractivity contribution in [2.75, 3.05) is 13.7 Å². The number of hydrogen-bond acceptors (Lipinski definition) is 3. The molecule has 15 heavy (non-hydrogen) atoms. The molecule has 0 aliphatic heterocycles. The molecule has 0 aromatic rings. The summed E-state index contributed by atoms with van der Waals surface area (Å²) in [6.07, 6.45) is 0.950. The van der Waals surface area contributed by atoms with Gasteiger partial charge in [0.1, 0.15) is 0 Å². The third kappa shape index (κ3) is 1.47. The van der Waals surface area contributed by atoms with Crippen LogP contribution in [0.4, 0.5) is 0 Å². The highest BCUT2D eigenvalue weighted by Gasteiger charge is 2.63. The lowest BCUT2D eigenvalue weighted by molar-refractivity contribution is -0.176. The molecule has 0 aromatic heterocycles. The summed E-state index contributed by atoms with van der Waals surface area (Å²) in [5, 5.41) is 19.3. The molecule has 0 unspecified atom stereocenters. The van der Waals surface area contributed by atoms with Crippen molar-refractivity contribution in [2.24, 2.45) is 10.8 Å². The highest BCUT2D eigenvalue weighted by Crippen LogP contribution is 2.58. The Balaban J connectivity index is 3.08. The first-order chi connectivity index (χ1) is 6.71. The van der Waals surface area contributed by atoms with Crippen LogP contribution in [0.15, 0.2) is 0 Å². The number of carboxylic acids is 1. The lowest BCUT2D eigenvalue weighted by atomic mass is 9.64. The van der Waals surface area contributed by atoms with E-state index in [9.17, 15) is 9.90 Å². The third-order valence-corrected chi connectivity index (χ3v) is 4.40. The van der Waals surface area contributed by atoms with Gasteiger partial charge in [-0.15, -0.1) is 0 Å². The Morgan fingerprint density at radius 3 is 2.20 bits per heavy atom. The fourth-order valence-electron chi connectivity index (χ4n) is 2.53. The van der Waals surface area contributed by atoms with Gasteiger partial charge in [0.15, 0.2) is 5.60 Å². The van der Waals surface area contributed by atoms with Gasteiger partial charge in [0.2, 0.25) is 0 Å². The molecule has 4 nitrogen and oxygen atoms in total. The van der Waals surface area contributed by atoms with Gasteiger partial charge in [0.25, 0.3) is 0 Å². The zero-order valence-corrected chi connectivity index (χ0v) is 9.83. The molecule has 0 spiro atoms. The Kier molecular flexibility index (Phi) is 2.87. The number of rotatable bonds is 3. The zero-order chi connectivity index (χ0) is 11.9. The van der Waals surface area contributed by atoms with Gasteiger partial charge in [-0.05, 0) is 18.3 Å². The average Bonchev–Trinajstić information content (AvgIpc) is 2.29. The maximum Gasteiger partial charge on any atom is 0.336 e. The quantitative estimate of drug-likeness (QED) is 0.745. The third-order valence-electron chi connectivity index (χ3n) is 4.40. The number of carbonyl (C=O) groups is 1. The van der Waals surface area contributed by atoms with E-state index in [1.165, 1.54) is 0 Å². The highest BCUT2D eigenvalue weighted by molar-refractivity contribution is 5.79. The van der Waals surface area contributed by atoms with Crippen LogP contribution in [0.3, 0.4) is 0 Å². The van der Waals surface area contributed by atoms with E-state index in [0.717, 1.165) is 0 Å². The second kappa shape index (κ2) is 3.46. The van der Waals surface area contributed by atoms with E-state index in [1.807, 2.05) is 6.92 Å². The van der Waals surface area contributed by atoms with Gasteiger partial charge in [-0.3, -0.25) is 0 Å². The molecule has 0 saturated heterocycles. The van der Waals surface area contributed by atoms with Crippen LogP contribution in [0.5, 0.6) is 0 Å². The van der Waals surface area contributed by atoms with Crippen molar-refractivity contribution in [3.8, 4) is 0 Å².